The summed E-state index contributed by atoms with van der Waals surface area (Å²) in [6.45, 7) is 0. The minimum Gasteiger partial charge on any atom is -0.478 e. The molecule has 28 heavy (non-hydrogen) atoms. The minimum absolute atomic E-state index is 0.102. The minimum atomic E-state index is -0.935. The molecule has 0 spiro atoms. The molecular formula is C23H17Cl2NO2. The summed E-state index contributed by atoms with van der Waals surface area (Å²) in [7, 11) is 0. The summed E-state index contributed by atoms with van der Waals surface area (Å²) in [6.07, 6.45) is 0.911. The number of para-hydroxylation sites is 1. The number of rotatable bonds is 2. The van der Waals surface area contributed by atoms with E-state index in [9.17, 15) is 9.90 Å². The third kappa shape index (κ3) is 2.61. The van der Waals surface area contributed by atoms with Crippen LogP contribution in [-0.2, 0) is 6.42 Å². The van der Waals surface area contributed by atoms with Crippen molar-refractivity contribution in [3.8, 4) is 0 Å². The Hall–Kier alpha value is -2.49. The topological polar surface area (TPSA) is 49.3 Å². The van der Waals surface area contributed by atoms with Gasteiger partial charge in [-0.05, 0) is 52.8 Å². The highest BCUT2D eigenvalue weighted by atomic mass is 35.5. The van der Waals surface area contributed by atoms with Gasteiger partial charge in [-0.1, -0.05) is 65.7 Å². The SMILES string of the molecule is O=C(O)c1cccc2c1N[C@H](c1ccc(Cl)cc1Cl)[C@@H]1Cc3ccccc3[C@@H]21. The lowest BCUT2D eigenvalue weighted by atomic mass is 9.75. The zero-order chi connectivity index (χ0) is 19.4. The van der Waals surface area contributed by atoms with Crippen LogP contribution in [0.2, 0.25) is 10.0 Å². The van der Waals surface area contributed by atoms with E-state index in [2.05, 4.69) is 23.5 Å². The summed E-state index contributed by atoms with van der Waals surface area (Å²) >= 11 is 12.7. The number of aromatic carboxylic acids is 1. The predicted octanol–water partition coefficient (Wildman–Crippen LogP) is 6.16. The Morgan fingerprint density at radius 2 is 1.75 bits per heavy atom. The third-order valence-electron chi connectivity index (χ3n) is 5.96. The van der Waals surface area contributed by atoms with Gasteiger partial charge in [0.25, 0.3) is 0 Å². The maximum atomic E-state index is 11.9. The van der Waals surface area contributed by atoms with Crippen molar-refractivity contribution < 1.29 is 9.90 Å². The van der Waals surface area contributed by atoms with E-state index in [0.29, 0.717) is 15.7 Å². The van der Waals surface area contributed by atoms with Gasteiger partial charge in [0.15, 0.2) is 0 Å². The summed E-state index contributed by atoms with van der Waals surface area (Å²) in [5, 5.41) is 14.4. The average Bonchev–Trinajstić information content (AvgIpc) is 3.07. The van der Waals surface area contributed by atoms with E-state index in [0.717, 1.165) is 17.5 Å². The number of carboxylic acid groups (broad SMARTS) is 1. The highest BCUT2D eigenvalue weighted by Gasteiger charge is 2.44. The van der Waals surface area contributed by atoms with E-state index in [1.807, 2.05) is 30.3 Å². The summed E-state index contributed by atoms with van der Waals surface area (Å²) in [6, 6.07) is 19.4. The van der Waals surface area contributed by atoms with Gasteiger partial charge in [0.1, 0.15) is 0 Å². The number of hydrogen-bond donors (Lipinski definition) is 2. The normalized spacial score (nSPS) is 22.0. The first-order valence-corrected chi connectivity index (χ1v) is 9.95. The fraction of sp³-hybridized carbons (Fsp3) is 0.174. The molecule has 0 unspecified atom stereocenters. The molecule has 5 heteroatoms. The Balaban J connectivity index is 1.74. The smallest absolute Gasteiger partial charge is 0.337 e. The number of carboxylic acids is 1. The predicted molar refractivity (Wildman–Crippen MR) is 112 cm³/mol. The number of benzene rings is 3. The number of fused-ring (bicyclic) bond motifs is 5. The molecule has 3 aromatic carbocycles. The van der Waals surface area contributed by atoms with Gasteiger partial charge in [-0.25, -0.2) is 4.79 Å². The second kappa shape index (κ2) is 6.54. The summed E-state index contributed by atoms with van der Waals surface area (Å²) in [4.78, 5) is 11.9. The Kier molecular flexibility index (Phi) is 4.11. The maximum absolute atomic E-state index is 11.9. The van der Waals surface area contributed by atoms with Crippen LogP contribution in [0.5, 0.6) is 0 Å². The van der Waals surface area contributed by atoms with Gasteiger partial charge in [0.2, 0.25) is 0 Å². The van der Waals surface area contributed by atoms with Crippen molar-refractivity contribution in [2.45, 2.75) is 18.4 Å². The van der Waals surface area contributed by atoms with Crippen LogP contribution in [0.3, 0.4) is 0 Å². The molecule has 3 nitrogen and oxygen atoms in total. The van der Waals surface area contributed by atoms with Crippen LogP contribution in [0.15, 0.2) is 60.7 Å². The molecule has 2 aliphatic rings. The standard InChI is InChI=1S/C23H17Cl2NO2/c24-13-8-9-15(19(25)11-13)21-18-10-12-4-1-2-5-14(12)20(18)16-6-3-7-17(23(27)28)22(16)26-21/h1-9,11,18,20-21,26H,10H2,(H,27,28)/t18-,20+,21-/m1/s1. The Bertz CT molecular complexity index is 1110. The van der Waals surface area contributed by atoms with Crippen LogP contribution >= 0.6 is 23.2 Å². The highest BCUT2D eigenvalue weighted by molar-refractivity contribution is 6.35. The summed E-state index contributed by atoms with van der Waals surface area (Å²) < 4.78 is 0. The Morgan fingerprint density at radius 1 is 0.964 bits per heavy atom. The van der Waals surface area contributed by atoms with E-state index in [-0.39, 0.29) is 23.4 Å². The van der Waals surface area contributed by atoms with Crippen LogP contribution in [-0.4, -0.2) is 11.1 Å². The molecule has 3 atom stereocenters. The van der Waals surface area contributed by atoms with Crippen molar-refractivity contribution in [3.63, 3.8) is 0 Å². The fourth-order valence-corrected chi connectivity index (χ4v) is 5.35. The van der Waals surface area contributed by atoms with Gasteiger partial charge in [-0.15, -0.1) is 0 Å². The molecule has 0 saturated heterocycles. The number of nitrogens with one attached hydrogen (secondary N) is 1. The second-order valence-corrected chi connectivity index (χ2v) is 8.25. The molecule has 0 amide bonds. The van der Waals surface area contributed by atoms with Crippen LogP contribution in [0, 0.1) is 5.92 Å². The van der Waals surface area contributed by atoms with Gasteiger partial charge in [0, 0.05) is 16.0 Å². The van der Waals surface area contributed by atoms with Crippen molar-refractivity contribution in [1.82, 2.24) is 0 Å². The molecule has 1 aliphatic carbocycles. The van der Waals surface area contributed by atoms with Crippen LogP contribution in [0.1, 0.15) is 44.6 Å². The van der Waals surface area contributed by atoms with E-state index < -0.39 is 5.97 Å². The molecular weight excluding hydrogens is 393 g/mol. The molecule has 1 heterocycles. The number of carbonyl (C=O) groups is 1. The lowest BCUT2D eigenvalue weighted by Crippen LogP contribution is -2.31. The van der Waals surface area contributed by atoms with Crippen molar-refractivity contribution in [3.05, 3.63) is 98.5 Å². The second-order valence-electron chi connectivity index (χ2n) is 7.41. The summed E-state index contributed by atoms with van der Waals surface area (Å²) in [5.41, 5.74) is 5.53. The van der Waals surface area contributed by atoms with Crippen molar-refractivity contribution >= 4 is 34.9 Å². The number of anilines is 1. The van der Waals surface area contributed by atoms with Gasteiger partial charge in [-0.2, -0.15) is 0 Å². The highest BCUT2D eigenvalue weighted by Crippen LogP contribution is 2.55. The zero-order valence-electron chi connectivity index (χ0n) is 14.8. The molecule has 5 rings (SSSR count). The molecule has 0 aromatic heterocycles. The molecule has 3 aromatic rings. The molecule has 0 saturated carbocycles. The average molecular weight is 410 g/mol. The van der Waals surface area contributed by atoms with E-state index in [1.165, 1.54) is 11.1 Å². The quantitative estimate of drug-likeness (QED) is 0.532. The fourth-order valence-electron chi connectivity index (χ4n) is 4.83. The van der Waals surface area contributed by atoms with Gasteiger partial charge in [-0.3, -0.25) is 0 Å². The van der Waals surface area contributed by atoms with Gasteiger partial charge < -0.3 is 10.4 Å². The Labute approximate surface area is 172 Å². The molecule has 1 aliphatic heterocycles. The lowest BCUT2D eigenvalue weighted by Gasteiger charge is -2.39. The molecule has 140 valence electrons. The van der Waals surface area contributed by atoms with Gasteiger partial charge >= 0.3 is 5.97 Å². The van der Waals surface area contributed by atoms with Gasteiger partial charge in [0.05, 0.1) is 17.3 Å². The summed E-state index contributed by atoms with van der Waals surface area (Å²) in [5.74, 6) is -0.564. The molecule has 0 radical (unpaired) electrons. The number of halogens is 2. The van der Waals surface area contributed by atoms with E-state index in [4.69, 9.17) is 23.2 Å². The first-order valence-electron chi connectivity index (χ1n) is 9.20. The monoisotopic (exact) mass is 409 g/mol. The maximum Gasteiger partial charge on any atom is 0.337 e. The van der Waals surface area contributed by atoms with Crippen LogP contribution < -0.4 is 5.32 Å². The zero-order valence-corrected chi connectivity index (χ0v) is 16.3. The largest absolute Gasteiger partial charge is 0.478 e. The Morgan fingerprint density at radius 3 is 2.54 bits per heavy atom. The van der Waals surface area contributed by atoms with E-state index in [1.54, 1.807) is 12.1 Å². The molecule has 0 fully saturated rings. The van der Waals surface area contributed by atoms with Crippen LogP contribution in [0.4, 0.5) is 5.69 Å². The number of hydrogen-bond acceptors (Lipinski definition) is 2. The lowest BCUT2D eigenvalue weighted by molar-refractivity contribution is 0.0697. The van der Waals surface area contributed by atoms with Crippen molar-refractivity contribution in [2.24, 2.45) is 5.92 Å². The van der Waals surface area contributed by atoms with Crippen molar-refractivity contribution in [2.75, 3.05) is 5.32 Å². The van der Waals surface area contributed by atoms with E-state index >= 15 is 0 Å². The first-order chi connectivity index (χ1) is 13.5. The first kappa shape index (κ1) is 17.6. The molecule has 2 N–H and O–H groups in total. The third-order valence-corrected chi connectivity index (χ3v) is 6.52. The van der Waals surface area contributed by atoms with Crippen LogP contribution in [0.25, 0.3) is 0 Å². The van der Waals surface area contributed by atoms with Crippen molar-refractivity contribution in [1.29, 1.82) is 0 Å². The molecule has 0 bridgehead atoms.